The van der Waals surface area contributed by atoms with Gasteiger partial charge in [0.05, 0.1) is 6.54 Å². The van der Waals surface area contributed by atoms with Crippen molar-refractivity contribution in [2.45, 2.75) is 13.3 Å². The maximum atomic E-state index is 12.0. The van der Waals surface area contributed by atoms with Crippen molar-refractivity contribution in [1.82, 2.24) is 9.80 Å². The average molecular weight is 275 g/mol. The number of hydrogen-bond acceptors (Lipinski definition) is 3. The van der Waals surface area contributed by atoms with Crippen LogP contribution in [-0.2, 0) is 9.59 Å². The molecule has 108 valence electrons. The Labute approximate surface area is 119 Å². The summed E-state index contributed by atoms with van der Waals surface area (Å²) >= 11 is 0. The Bertz CT molecular complexity index is 461. The summed E-state index contributed by atoms with van der Waals surface area (Å²) in [6.07, 6.45) is 0.915. The molecule has 0 spiro atoms. The Morgan fingerprint density at radius 3 is 2.55 bits per heavy atom. The second-order valence-electron chi connectivity index (χ2n) is 5.05. The molecule has 1 aromatic rings. The van der Waals surface area contributed by atoms with Crippen LogP contribution in [0.25, 0.3) is 0 Å². The van der Waals surface area contributed by atoms with E-state index in [0.29, 0.717) is 13.1 Å². The summed E-state index contributed by atoms with van der Waals surface area (Å²) in [6.45, 7) is 5.06. The molecule has 1 heterocycles. The summed E-state index contributed by atoms with van der Waals surface area (Å²) in [5.74, 6) is 0.105. The van der Waals surface area contributed by atoms with Crippen LogP contribution < -0.4 is 5.32 Å². The summed E-state index contributed by atoms with van der Waals surface area (Å²) in [6, 6.07) is 9.45. The number of rotatable bonds is 3. The Morgan fingerprint density at radius 2 is 1.85 bits per heavy atom. The van der Waals surface area contributed by atoms with Crippen LogP contribution >= 0.6 is 0 Å². The van der Waals surface area contributed by atoms with Crippen molar-refractivity contribution < 1.29 is 9.59 Å². The van der Waals surface area contributed by atoms with Gasteiger partial charge in [-0.25, -0.2) is 0 Å². The standard InChI is InChI=1S/C15H21N3O2/c1-13(19)18-9-5-8-17(10-11-18)12-15(20)16-14-6-3-2-4-7-14/h2-4,6-7H,5,8-12H2,1H3,(H,16,20). The molecule has 5 nitrogen and oxygen atoms in total. The maximum Gasteiger partial charge on any atom is 0.238 e. The van der Waals surface area contributed by atoms with E-state index in [1.165, 1.54) is 0 Å². The fraction of sp³-hybridized carbons (Fsp3) is 0.467. The number of nitrogens with one attached hydrogen (secondary N) is 1. The minimum absolute atomic E-state index is 0.00697. The lowest BCUT2D eigenvalue weighted by Crippen LogP contribution is -2.37. The van der Waals surface area contributed by atoms with Crippen molar-refractivity contribution in [1.29, 1.82) is 0 Å². The molecule has 2 rings (SSSR count). The summed E-state index contributed by atoms with van der Waals surface area (Å²) in [7, 11) is 0. The fourth-order valence-corrected chi connectivity index (χ4v) is 2.37. The van der Waals surface area contributed by atoms with Gasteiger partial charge in [-0.05, 0) is 18.6 Å². The van der Waals surface area contributed by atoms with Gasteiger partial charge in [0.1, 0.15) is 0 Å². The van der Waals surface area contributed by atoms with Crippen molar-refractivity contribution in [3.8, 4) is 0 Å². The lowest BCUT2D eigenvalue weighted by Gasteiger charge is -2.20. The first kappa shape index (κ1) is 14.5. The van der Waals surface area contributed by atoms with Gasteiger partial charge in [-0.15, -0.1) is 0 Å². The van der Waals surface area contributed by atoms with Gasteiger partial charge in [0.15, 0.2) is 0 Å². The van der Waals surface area contributed by atoms with Crippen LogP contribution in [0.4, 0.5) is 5.69 Å². The van der Waals surface area contributed by atoms with E-state index >= 15 is 0 Å². The van der Waals surface area contributed by atoms with Crippen molar-refractivity contribution >= 4 is 17.5 Å². The predicted octanol–water partition coefficient (Wildman–Crippen LogP) is 1.18. The highest BCUT2D eigenvalue weighted by Crippen LogP contribution is 2.06. The van der Waals surface area contributed by atoms with E-state index < -0.39 is 0 Å². The van der Waals surface area contributed by atoms with E-state index in [2.05, 4.69) is 10.2 Å². The van der Waals surface area contributed by atoms with Gasteiger partial charge < -0.3 is 10.2 Å². The topological polar surface area (TPSA) is 52.7 Å². The number of amides is 2. The first-order valence-electron chi connectivity index (χ1n) is 6.98. The molecule has 2 amide bonds. The van der Waals surface area contributed by atoms with Crippen LogP contribution in [-0.4, -0.2) is 54.3 Å². The van der Waals surface area contributed by atoms with Gasteiger partial charge in [-0.3, -0.25) is 14.5 Å². The van der Waals surface area contributed by atoms with E-state index in [1.54, 1.807) is 6.92 Å². The highest BCUT2D eigenvalue weighted by Gasteiger charge is 2.18. The smallest absolute Gasteiger partial charge is 0.238 e. The van der Waals surface area contributed by atoms with Crippen molar-refractivity contribution in [2.75, 3.05) is 38.0 Å². The van der Waals surface area contributed by atoms with Gasteiger partial charge >= 0.3 is 0 Å². The van der Waals surface area contributed by atoms with E-state index in [1.807, 2.05) is 35.2 Å². The summed E-state index contributed by atoms with van der Waals surface area (Å²) in [5, 5.41) is 2.88. The monoisotopic (exact) mass is 275 g/mol. The molecule has 1 N–H and O–H groups in total. The first-order valence-corrected chi connectivity index (χ1v) is 6.98. The number of carbonyl (C=O) groups excluding carboxylic acids is 2. The Kier molecular flexibility index (Phi) is 5.12. The van der Waals surface area contributed by atoms with E-state index in [4.69, 9.17) is 0 Å². The number of anilines is 1. The van der Waals surface area contributed by atoms with Crippen LogP contribution in [0.15, 0.2) is 30.3 Å². The number of carbonyl (C=O) groups is 2. The van der Waals surface area contributed by atoms with Crippen molar-refractivity contribution in [2.24, 2.45) is 0 Å². The zero-order valence-corrected chi connectivity index (χ0v) is 11.8. The van der Waals surface area contributed by atoms with Gasteiger partial charge in [-0.1, -0.05) is 18.2 Å². The molecule has 0 bridgehead atoms. The van der Waals surface area contributed by atoms with Gasteiger partial charge in [0, 0.05) is 38.8 Å². The number of hydrogen-bond donors (Lipinski definition) is 1. The third-order valence-corrected chi connectivity index (χ3v) is 3.46. The Hall–Kier alpha value is -1.88. The fourth-order valence-electron chi connectivity index (χ4n) is 2.37. The molecular formula is C15H21N3O2. The molecule has 5 heteroatoms. The number of nitrogens with zero attached hydrogens (tertiary/aromatic N) is 2. The third-order valence-electron chi connectivity index (χ3n) is 3.46. The molecule has 0 atom stereocenters. The largest absolute Gasteiger partial charge is 0.342 e. The van der Waals surface area contributed by atoms with Crippen LogP contribution in [0.5, 0.6) is 0 Å². The minimum Gasteiger partial charge on any atom is -0.342 e. The normalized spacial score (nSPS) is 16.6. The van der Waals surface area contributed by atoms with E-state index in [0.717, 1.165) is 31.7 Å². The average Bonchev–Trinajstić information content (AvgIpc) is 2.65. The lowest BCUT2D eigenvalue weighted by atomic mass is 10.3. The first-order chi connectivity index (χ1) is 9.65. The van der Waals surface area contributed by atoms with Gasteiger partial charge in [0.2, 0.25) is 11.8 Å². The van der Waals surface area contributed by atoms with E-state index in [-0.39, 0.29) is 11.8 Å². The second kappa shape index (κ2) is 7.05. The summed E-state index contributed by atoms with van der Waals surface area (Å²) in [4.78, 5) is 27.3. The van der Waals surface area contributed by atoms with Crippen molar-refractivity contribution in [3.63, 3.8) is 0 Å². The van der Waals surface area contributed by atoms with Crippen LogP contribution in [0.3, 0.4) is 0 Å². The molecule has 0 aliphatic carbocycles. The quantitative estimate of drug-likeness (QED) is 0.901. The zero-order chi connectivity index (χ0) is 14.4. The van der Waals surface area contributed by atoms with Crippen LogP contribution in [0.1, 0.15) is 13.3 Å². The molecule has 0 saturated carbocycles. The van der Waals surface area contributed by atoms with Gasteiger partial charge in [0.25, 0.3) is 0 Å². The molecular weight excluding hydrogens is 254 g/mol. The number of benzene rings is 1. The Balaban J connectivity index is 1.81. The maximum absolute atomic E-state index is 12.0. The van der Waals surface area contributed by atoms with Crippen LogP contribution in [0, 0.1) is 0 Å². The predicted molar refractivity (Wildman–Crippen MR) is 78.4 cm³/mol. The molecule has 1 aliphatic heterocycles. The van der Waals surface area contributed by atoms with Crippen molar-refractivity contribution in [3.05, 3.63) is 30.3 Å². The highest BCUT2D eigenvalue weighted by atomic mass is 16.2. The second-order valence-corrected chi connectivity index (χ2v) is 5.05. The molecule has 1 aliphatic rings. The third kappa shape index (κ3) is 4.35. The van der Waals surface area contributed by atoms with Crippen LogP contribution in [0.2, 0.25) is 0 Å². The number of para-hydroxylation sites is 1. The molecule has 1 aromatic carbocycles. The molecule has 0 unspecified atom stereocenters. The molecule has 0 radical (unpaired) electrons. The molecule has 1 saturated heterocycles. The summed E-state index contributed by atoms with van der Waals surface area (Å²) < 4.78 is 0. The Morgan fingerprint density at radius 1 is 1.10 bits per heavy atom. The molecule has 0 aromatic heterocycles. The molecule has 1 fully saturated rings. The zero-order valence-electron chi connectivity index (χ0n) is 11.8. The molecule has 20 heavy (non-hydrogen) atoms. The van der Waals surface area contributed by atoms with Gasteiger partial charge in [-0.2, -0.15) is 0 Å². The summed E-state index contributed by atoms with van der Waals surface area (Å²) in [5.41, 5.74) is 0.817. The minimum atomic E-state index is -0.00697. The SMILES string of the molecule is CC(=O)N1CCCN(CC(=O)Nc2ccccc2)CC1. The highest BCUT2D eigenvalue weighted by molar-refractivity contribution is 5.92. The lowest BCUT2D eigenvalue weighted by molar-refractivity contribution is -0.128. The van der Waals surface area contributed by atoms with E-state index in [9.17, 15) is 9.59 Å².